The molecule has 0 aliphatic heterocycles. The molecule has 3 N–H and O–H groups in total. The molecule has 0 spiro atoms. The summed E-state index contributed by atoms with van der Waals surface area (Å²) in [5.41, 5.74) is -0.969. The van der Waals surface area contributed by atoms with E-state index in [0.29, 0.717) is 0 Å². The molecule has 7 nitrogen and oxygen atoms in total. The third-order valence-electron chi connectivity index (χ3n) is 2.85. The average molecular weight is 348 g/mol. The zero-order valence-corrected chi connectivity index (χ0v) is 12.5. The van der Waals surface area contributed by atoms with E-state index in [1.807, 2.05) is 0 Å². The highest BCUT2D eigenvalue weighted by molar-refractivity contribution is 5.96. The molecule has 2 amide bonds. The maximum absolute atomic E-state index is 12.4. The summed E-state index contributed by atoms with van der Waals surface area (Å²) in [5, 5.41) is 13.1. The molecule has 0 saturated carbocycles. The van der Waals surface area contributed by atoms with Crippen LogP contribution in [0.15, 0.2) is 24.3 Å². The number of rotatable bonds is 7. The zero-order chi connectivity index (χ0) is 18.3. The van der Waals surface area contributed by atoms with E-state index in [-0.39, 0.29) is 12.2 Å². The van der Waals surface area contributed by atoms with Crippen LogP contribution in [0.3, 0.4) is 0 Å². The summed E-state index contributed by atoms with van der Waals surface area (Å²) in [7, 11) is 1.26. The molecule has 1 rings (SSSR count). The molecule has 1 atom stereocenters. The van der Waals surface area contributed by atoms with Crippen LogP contribution in [-0.4, -0.2) is 49.2 Å². The van der Waals surface area contributed by atoms with Crippen LogP contribution in [0.25, 0.3) is 0 Å². The van der Waals surface area contributed by atoms with Gasteiger partial charge in [-0.25, -0.2) is 4.79 Å². The number of carbonyl (C=O) groups is 3. The number of aliphatic carboxylic acids is 1. The Kier molecular flexibility index (Phi) is 6.71. The topological polar surface area (TPSA) is 105 Å². The van der Waals surface area contributed by atoms with Crippen LogP contribution in [-0.2, 0) is 20.5 Å². The molecule has 0 heterocycles. The molecular formula is C14H15F3N2O5. The fourth-order valence-electron chi connectivity index (χ4n) is 1.66. The van der Waals surface area contributed by atoms with E-state index in [0.717, 1.165) is 24.3 Å². The first-order chi connectivity index (χ1) is 11.1. The van der Waals surface area contributed by atoms with Crippen molar-refractivity contribution in [3.05, 3.63) is 35.4 Å². The van der Waals surface area contributed by atoms with E-state index in [1.54, 1.807) is 0 Å². The van der Waals surface area contributed by atoms with E-state index in [1.165, 1.54) is 7.11 Å². The van der Waals surface area contributed by atoms with E-state index >= 15 is 0 Å². The lowest BCUT2D eigenvalue weighted by molar-refractivity contribution is -0.143. The molecule has 0 aliphatic carbocycles. The molecule has 1 unspecified atom stereocenters. The van der Waals surface area contributed by atoms with E-state index in [2.05, 4.69) is 15.4 Å². The molecule has 0 radical (unpaired) electrons. The number of methoxy groups -OCH3 is 1. The van der Waals surface area contributed by atoms with Gasteiger partial charge in [0.25, 0.3) is 5.91 Å². The van der Waals surface area contributed by atoms with E-state index in [9.17, 15) is 27.6 Å². The van der Waals surface area contributed by atoms with Gasteiger partial charge in [-0.1, -0.05) is 0 Å². The molecule has 0 aliphatic rings. The largest absolute Gasteiger partial charge is 0.480 e. The number of hydrogen-bond donors (Lipinski definition) is 3. The van der Waals surface area contributed by atoms with Gasteiger partial charge in [0.2, 0.25) is 5.91 Å². The van der Waals surface area contributed by atoms with Gasteiger partial charge in [-0.2, -0.15) is 13.2 Å². The van der Waals surface area contributed by atoms with Gasteiger partial charge < -0.3 is 20.5 Å². The van der Waals surface area contributed by atoms with Crippen molar-refractivity contribution in [2.24, 2.45) is 0 Å². The summed E-state index contributed by atoms with van der Waals surface area (Å²) >= 11 is 0. The number of carboxylic acids is 1. The molecule has 132 valence electrons. The van der Waals surface area contributed by atoms with Crippen LogP contribution in [0.2, 0.25) is 0 Å². The van der Waals surface area contributed by atoms with Crippen molar-refractivity contribution in [2.45, 2.75) is 12.2 Å². The Hall–Kier alpha value is -2.62. The third-order valence-corrected chi connectivity index (χ3v) is 2.85. The first-order valence-corrected chi connectivity index (χ1v) is 6.61. The van der Waals surface area contributed by atoms with Gasteiger partial charge in [0.05, 0.1) is 18.7 Å². The Morgan fingerprint density at radius 3 is 2.25 bits per heavy atom. The zero-order valence-electron chi connectivity index (χ0n) is 12.5. The van der Waals surface area contributed by atoms with Crippen molar-refractivity contribution in [2.75, 3.05) is 20.3 Å². The van der Waals surface area contributed by atoms with Gasteiger partial charge in [-0.05, 0) is 24.3 Å². The molecule has 0 saturated heterocycles. The number of hydrogen-bond acceptors (Lipinski definition) is 4. The number of ether oxygens (including phenoxy) is 1. The summed E-state index contributed by atoms with van der Waals surface area (Å²) in [4.78, 5) is 34.1. The number of amides is 2. The fourth-order valence-corrected chi connectivity index (χ4v) is 1.66. The van der Waals surface area contributed by atoms with Crippen molar-refractivity contribution in [1.82, 2.24) is 10.6 Å². The van der Waals surface area contributed by atoms with Crippen molar-refractivity contribution < 1.29 is 37.4 Å². The number of halogens is 3. The minimum absolute atomic E-state index is 0.0672. The standard InChI is InChI=1S/C14H15F3N2O5/c1-24-7-10(13(22)23)19-11(20)6-18-12(21)8-2-4-9(5-3-8)14(15,16)17/h2-5,10H,6-7H2,1H3,(H,18,21)(H,19,20)(H,22,23). The third kappa shape index (κ3) is 5.88. The highest BCUT2D eigenvalue weighted by atomic mass is 19.4. The second-order valence-electron chi connectivity index (χ2n) is 4.67. The van der Waals surface area contributed by atoms with E-state index in [4.69, 9.17) is 5.11 Å². The Balaban J connectivity index is 2.56. The van der Waals surface area contributed by atoms with E-state index < -0.39 is 42.1 Å². The molecule has 1 aromatic carbocycles. The minimum Gasteiger partial charge on any atom is -0.480 e. The summed E-state index contributed by atoms with van der Waals surface area (Å²) < 4.78 is 41.9. The van der Waals surface area contributed by atoms with Crippen molar-refractivity contribution in [3.63, 3.8) is 0 Å². The Morgan fingerprint density at radius 2 is 1.79 bits per heavy atom. The first kappa shape index (κ1) is 19.4. The van der Waals surface area contributed by atoms with Crippen LogP contribution in [0.5, 0.6) is 0 Å². The molecule has 0 bridgehead atoms. The molecule has 1 aromatic rings. The van der Waals surface area contributed by atoms with Crippen LogP contribution in [0.4, 0.5) is 13.2 Å². The molecule has 10 heteroatoms. The molecule has 24 heavy (non-hydrogen) atoms. The van der Waals surface area contributed by atoms with Crippen LogP contribution < -0.4 is 10.6 Å². The van der Waals surface area contributed by atoms with Crippen LogP contribution in [0, 0.1) is 0 Å². The maximum Gasteiger partial charge on any atom is 0.416 e. The molecule has 0 aromatic heterocycles. The quantitative estimate of drug-likeness (QED) is 0.671. The lowest BCUT2D eigenvalue weighted by Crippen LogP contribution is -2.47. The Labute approximate surface area is 134 Å². The SMILES string of the molecule is COCC(NC(=O)CNC(=O)c1ccc(C(F)(F)F)cc1)C(=O)O. The average Bonchev–Trinajstić information content (AvgIpc) is 2.51. The summed E-state index contributed by atoms with van der Waals surface area (Å²) in [6, 6.07) is 2.16. The Morgan fingerprint density at radius 1 is 1.21 bits per heavy atom. The number of carboxylic acid groups (broad SMARTS) is 1. The highest BCUT2D eigenvalue weighted by Crippen LogP contribution is 2.28. The first-order valence-electron chi connectivity index (χ1n) is 6.61. The smallest absolute Gasteiger partial charge is 0.416 e. The monoisotopic (exact) mass is 348 g/mol. The number of carbonyl (C=O) groups excluding carboxylic acids is 2. The predicted molar refractivity (Wildman–Crippen MR) is 75.2 cm³/mol. The summed E-state index contributed by atoms with van der Waals surface area (Å²) in [6.45, 7) is -0.790. The maximum atomic E-state index is 12.4. The summed E-state index contributed by atoms with van der Waals surface area (Å²) in [5.74, 6) is -2.85. The normalized spacial score (nSPS) is 12.3. The van der Waals surface area contributed by atoms with Crippen molar-refractivity contribution in [3.8, 4) is 0 Å². The lowest BCUT2D eigenvalue weighted by Gasteiger charge is -2.13. The summed E-state index contributed by atoms with van der Waals surface area (Å²) in [6.07, 6.45) is -4.51. The van der Waals surface area contributed by atoms with Gasteiger partial charge in [-0.3, -0.25) is 9.59 Å². The Bertz CT molecular complexity index is 601. The van der Waals surface area contributed by atoms with Crippen molar-refractivity contribution in [1.29, 1.82) is 0 Å². The van der Waals surface area contributed by atoms with Gasteiger partial charge in [0.1, 0.15) is 0 Å². The van der Waals surface area contributed by atoms with Gasteiger partial charge in [0.15, 0.2) is 6.04 Å². The van der Waals surface area contributed by atoms with Gasteiger partial charge >= 0.3 is 12.1 Å². The highest BCUT2D eigenvalue weighted by Gasteiger charge is 2.30. The molecular weight excluding hydrogens is 333 g/mol. The van der Waals surface area contributed by atoms with Crippen LogP contribution in [0.1, 0.15) is 15.9 Å². The minimum atomic E-state index is -4.51. The fraction of sp³-hybridized carbons (Fsp3) is 0.357. The van der Waals surface area contributed by atoms with Crippen molar-refractivity contribution >= 4 is 17.8 Å². The number of benzene rings is 1. The second kappa shape index (κ2) is 8.29. The molecule has 0 fully saturated rings. The van der Waals surface area contributed by atoms with Gasteiger partial charge in [-0.15, -0.1) is 0 Å². The number of alkyl halides is 3. The van der Waals surface area contributed by atoms with Crippen LogP contribution >= 0.6 is 0 Å². The number of nitrogens with one attached hydrogen (secondary N) is 2. The lowest BCUT2D eigenvalue weighted by atomic mass is 10.1. The predicted octanol–water partition coefficient (Wildman–Crippen LogP) is 0.651. The van der Waals surface area contributed by atoms with Gasteiger partial charge in [0, 0.05) is 12.7 Å². The second-order valence-corrected chi connectivity index (χ2v) is 4.67.